The SMILES string of the molecule is C[C@@H]1CCC=C2C[C@H]3OC(=O)[C@@H](CN4CCN(c5ncccn5)CC4)[C@H]3[C@H](O)[C@@]21C. The van der Waals surface area contributed by atoms with Gasteiger partial charge in [-0.05, 0) is 24.8 Å². The van der Waals surface area contributed by atoms with Crippen molar-refractivity contribution in [3.8, 4) is 0 Å². The van der Waals surface area contributed by atoms with Crippen molar-refractivity contribution in [2.45, 2.75) is 45.3 Å². The van der Waals surface area contributed by atoms with Gasteiger partial charge in [0.25, 0.3) is 0 Å². The van der Waals surface area contributed by atoms with Crippen LogP contribution < -0.4 is 4.90 Å². The monoisotopic (exact) mass is 412 g/mol. The Hall–Kier alpha value is -1.99. The van der Waals surface area contributed by atoms with E-state index in [4.69, 9.17) is 4.74 Å². The maximum Gasteiger partial charge on any atom is 0.311 e. The lowest BCUT2D eigenvalue weighted by Crippen LogP contribution is -2.55. The minimum atomic E-state index is -0.534. The van der Waals surface area contributed by atoms with Gasteiger partial charge in [0.1, 0.15) is 6.10 Å². The molecule has 1 aromatic heterocycles. The fourth-order valence-electron chi connectivity index (χ4n) is 6.14. The van der Waals surface area contributed by atoms with Crippen LogP contribution in [0.2, 0.25) is 0 Å². The summed E-state index contributed by atoms with van der Waals surface area (Å²) in [6.45, 7) is 8.48. The van der Waals surface area contributed by atoms with Crippen LogP contribution in [0.15, 0.2) is 30.1 Å². The second-order valence-electron chi connectivity index (χ2n) is 9.64. The topological polar surface area (TPSA) is 78.8 Å². The Morgan fingerprint density at radius 2 is 1.97 bits per heavy atom. The summed E-state index contributed by atoms with van der Waals surface area (Å²) in [6.07, 6.45) is 8.04. The summed E-state index contributed by atoms with van der Waals surface area (Å²) in [5.41, 5.74) is 1.05. The summed E-state index contributed by atoms with van der Waals surface area (Å²) in [5, 5.41) is 11.5. The largest absolute Gasteiger partial charge is 0.461 e. The lowest BCUT2D eigenvalue weighted by Gasteiger charge is -2.52. The van der Waals surface area contributed by atoms with Crippen molar-refractivity contribution in [3.63, 3.8) is 0 Å². The molecule has 6 atom stereocenters. The Morgan fingerprint density at radius 1 is 1.23 bits per heavy atom. The number of aliphatic hydroxyl groups is 1. The van der Waals surface area contributed by atoms with E-state index in [9.17, 15) is 9.90 Å². The van der Waals surface area contributed by atoms with Gasteiger partial charge in [0, 0.05) is 62.9 Å². The minimum Gasteiger partial charge on any atom is -0.461 e. The summed E-state index contributed by atoms with van der Waals surface area (Å²) in [7, 11) is 0. The van der Waals surface area contributed by atoms with Crippen molar-refractivity contribution in [2.24, 2.45) is 23.2 Å². The van der Waals surface area contributed by atoms with Crippen LogP contribution in [0.1, 0.15) is 33.1 Å². The van der Waals surface area contributed by atoms with E-state index in [2.05, 4.69) is 39.7 Å². The minimum absolute atomic E-state index is 0.115. The highest BCUT2D eigenvalue weighted by Crippen LogP contribution is 2.56. The Kier molecular flexibility index (Phi) is 5.06. The van der Waals surface area contributed by atoms with Gasteiger partial charge in [-0.15, -0.1) is 0 Å². The molecule has 2 aliphatic carbocycles. The number of piperazine rings is 1. The van der Waals surface area contributed by atoms with Gasteiger partial charge in [-0.25, -0.2) is 9.97 Å². The van der Waals surface area contributed by atoms with Crippen LogP contribution in [0.5, 0.6) is 0 Å². The Bertz CT molecular complexity index is 823. The first-order valence-corrected chi connectivity index (χ1v) is 11.3. The van der Waals surface area contributed by atoms with Crippen molar-refractivity contribution in [1.82, 2.24) is 14.9 Å². The molecule has 1 N–H and O–H groups in total. The van der Waals surface area contributed by atoms with Crippen LogP contribution in [-0.2, 0) is 9.53 Å². The number of fused-ring (bicyclic) bond motifs is 2. The molecule has 2 saturated heterocycles. The number of ether oxygens (including phenoxy) is 1. The number of aliphatic hydroxyl groups excluding tert-OH is 1. The maximum atomic E-state index is 12.8. The second-order valence-corrected chi connectivity index (χ2v) is 9.64. The van der Waals surface area contributed by atoms with E-state index >= 15 is 0 Å². The number of rotatable bonds is 3. The van der Waals surface area contributed by atoms with Crippen LogP contribution in [0, 0.1) is 23.2 Å². The number of hydrogen-bond acceptors (Lipinski definition) is 7. The van der Waals surface area contributed by atoms with E-state index in [-0.39, 0.29) is 29.3 Å². The molecule has 0 aromatic carbocycles. The van der Waals surface area contributed by atoms with Gasteiger partial charge in [-0.3, -0.25) is 9.69 Å². The number of carbonyl (C=O) groups is 1. The number of hydrogen-bond donors (Lipinski definition) is 1. The molecule has 7 nitrogen and oxygen atoms in total. The highest BCUT2D eigenvalue weighted by molar-refractivity contribution is 5.76. The molecule has 3 fully saturated rings. The number of nitrogens with zero attached hydrogens (tertiary/aromatic N) is 4. The van der Waals surface area contributed by atoms with Crippen LogP contribution in [0.25, 0.3) is 0 Å². The van der Waals surface area contributed by atoms with Crippen molar-refractivity contribution < 1.29 is 14.6 Å². The molecule has 30 heavy (non-hydrogen) atoms. The molecule has 0 spiro atoms. The zero-order valence-corrected chi connectivity index (χ0v) is 17.9. The molecular formula is C23H32N4O3. The first-order chi connectivity index (χ1) is 14.5. The fraction of sp³-hybridized carbons (Fsp3) is 0.696. The van der Waals surface area contributed by atoms with Crippen molar-refractivity contribution in [1.29, 1.82) is 0 Å². The van der Waals surface area contributed by atoms with Gasteiger partial charge in [0.15, 0.2) is 0 Å². The van der Waals surface area contributed by atoms with E-state index < -0.39 is 6.10 Å². The molecule has 5 rings (SSSR count). The lowest BCUT2D eigenvalue weighted by atomic mass is 9.55. The number of aromatic nitrogens is 2. The Balaban J connectivity index is 1.28. The molecule has 3 heterocycles. The molecular weight excluding hydrogens is 380 g/mol. The fourth-order valence-corrected chi connectivity index (χ4v) is 6.14. The van der Waals surface area contributed by atoms with Gasteiger partial charge in [0.05, 0.1) is 12.0 Å². The number of carbonyl (C=O) groups excluding carboxylic acids is 1. The van der Waals surface area contributed by atoms with Crippen molar-refractivity contribution in [2.75, 3.05) is 37.6 Å². The normalized spacial score (nSPS) is 39.2. The first kappa shape index (κ1) is 19.9. The maximum absolute atomic E-state index is 12.8. The molecule has 0 radical (unpaired) electrons. The van der Waals surface area contributed by atoms with E-state index in [1.54, 1.807) is 12.4 Å². The third kappa shape index (κ3) is 3.14. The lowest BCUT2D eigenvalue weighted by molar-refractivity contribution is -0.145. The number of anilines is 1. The summed E-state index contributed by atoms with van der Waals surface area (Å²) in [6, 6.07) is 1.83. The number of esters is 1. The molecule has 2 aliphatic heterocycles. The van der Waals surface area contributed by atoms with Gasteiger partial charge >= 0.3 is 5.97 Å². The molecule has 7 heteroatoms. The van der Waals surface area contributed by atoms with E-state index in [1.165, 1.54) is 5.57 Å². The molecule has 162 valence electrons. The molecule has 0 unspecified atom stereocenters. The molecule has 0 amide bonds. The molecule has 1 saturated carbocycles. The average molecular weight is 413 g/mol. The molecule has 0 bridgehead atoms. The number of allylic oxidation sites excluding steroid dienone is 1. The van der Waals surface area contributed by atoms with E-state index in [0.717, 1.165) is 51.4 Å². The predicted molar refractivity (Wildman–Crippen MR) is 113 cm³/mol. The van der Waals surface area contributed by atoms with Gasteiger partial charge < -0.3 is 14.7 Å². The zero-order chi connectivity index (χ0) is 20.9. The Morgan fingerprint density at radius 3 is 2.70 bits per heavy atom. The van der Waals surface area contributed by atoms with E-state index in [0.29, 0.717) is 12.5 Å². The quantitative estimate of drug-likeness (QED) is 0.600. The Labute approximate surface area is 178 Å². The summed E-state index contributed by atoms with van der Waals surface area (Å²) in [4.78, 5) is 26.0. The van der Waals surface area contributed by atoms with Crippen LogP contribution in [-0.4, -0.2) is 70.9 Å². The van der Waals surface area contributed by atoms with Gasteiger partial charge in [-0.2, -0.15) is 0 Å². The third-order valence-electron chi connectivity index (χ3n) is 8.23. The zero-order valence-electron chi connectivity index (χ0n) is 17.9. The van der Waals surface area contributed by atoms with Crippen LogP contribution in [0.4, 0.5) is 5.95 Å². The predicted octanol–water partition coefficient (Wildman–Crippen LogP) is 1.88. The summed E-state index contributed by atoms with van der Waals surface area (Å²) in [5.74, 6) is 0.680. The average Bonchev–Trinajstić information content (AvgIpc) is 3.07. The van der Waals surface area contributed by atoms with Gasteiger partial charge in [-0.1, -0.05) is 25.5 Å². The summed E-state index contributed by atoms with van der Waals surface area (Å²) < 4.78 is 5.81. The standard InChI is InChI=1S/C23H32N4O3/c1-15-5-3-6-16-13-18-19(20(28)23(15,16)2)17(21(29)30-18)14-26-9-11-27(12-10-26)22-24-7-4-8-25-22/h4,6-8,15,17-20,28H,3,5,9-14H2,1-2H3/t15-,17+,18-,19-,20+,23-/m1/s1. The smallest absolute Gasteiger partial charge is 0.311 e. The molecule has 1 aromatic rings. The second kappa shape index (κ2) is 7.61. The molecule has 4 aliphatic rings. The van der Waals surface area contributed by atoms with Crippen LogP contribution in [0.3, 0.4) is 0 Å². The third-order valence-corrected chi connectivity index (χ3v) is 8.23. The highest BCUT2D eigenvalue weighted by atomic mass is 16.6. The van der Waals surface area contributed by atoms with Crippen LogP contribution >= 0.6 is 0 Å². The highest BCUT2D eigenvalue weighted by Gasteiger charge is 2.59. The van der Waals surface area contributed by atoms with Gasteiger partial charge in [0.2, 0.25) is 5.95 Å². The first-order valence-electron chi connectivity index (χ1n) is 11.3. The van der Waals surface area contributed by atoms with Crippen molar-refractivity contribution in [3.05, 3.63) is 30.1 Å². The summed E-state index contributed by atoms with van der Waals surface area (Å²) >= 11 is 0. The van der Waals surface area contributed by atoms with E-state index in [1.807, 2.05) is 6.07 Å². The van der Waals surface area contributed by atoms with Crippen molar-refractivity contribution >= 4 is 11.9 Å².